The first kappa shape index (κ1) is 14.1. The van der Waals surface area contributed by atoms with E-state index in [-0.39, 0.29) is 0 Å². The van der Waals surface area contributed by atoms with E-state index in [0.29, 0.717) is 17.5 Å². The number of rotatable bonds is 7. The molecule has 0 aliphatic rings. The predicted octanol–water partition coefficient (Wildman–Crippen LogP) is 3.96. The van der Waals surface area contributed by atoms with Crippen molar-refractivity contribution in [3.05, 3.63) is 0 Å². The minimum Gasteiger partial charge on any atom is -0.161 e. The summed E-state index contributed by atoms with van der Waals surface area (Å²) < 4.78 is 10.8. The SMILES string of the molecule is CCC(C[P+](=O)O)CC(C)(CC)CC. The van der Waals surface area contributed by atoms with Crippen LogP contribution in [-0.4, -0.2) is 11.1 Å². The van der Waals surface area contributed by atoms with Gasteiger partial charge >= 0.3 is 8.03 Å². The van der Waals surface area contributed by atoms with Gasteiger partial charge in [-0.05, 0) is 22.8 Å². The third kappa shape index (κ3) is 5.07. The van der Waals surface area contributed by atoms with Gasteiger partial charge in [-0.1, -0.05) is 40.5 Å². The third-order valence-electron chi connectivity index (χ3n) is 3.48. The molecule has 0 fully saturated rings. The highest BCUT2D eigenvalue weighted by Gasteiger charge is 2.28. The second-order valence-electron chi connectivity index (χ2n) is 4.53. The summed E-state index contributed by atoms with van der Waals surface area (Å²) >= 11 is 0. The summed E-state index contributed by atoms with van der Waals surface area (Å²) in [7, 11) is -1.96. The molecule has 0 saturated carbocycles. The summed E-state index contributed by atoms with van der Waals surface area (Å²) in [6.45, 7) is 8.79. The van der Waals surface area contributed by atoms with Gasteiger partial charge in [-0.25, -0.2) is 0 Å². The summed E-state index contributed by atoms with van der Waals surface area (Å²) in [5.41, 5.74) is 0.353. The summed E-state index contributed by atoms with van der Waals surface area (Å²) in [4.78, 5) is 8.91. The van der Waals surface area contributed by atoms with Gasteiger partial charge in [-0.2, -0.15) is 4.89 Å². The van der Waals surface area contributed by atoms with E-state index in [1.165, 1.54) is 0 Å². The summed E-state index contributed by atoms with van der Waals surface area (Å²) in [5.74, 6) is 0.411. The minimum absolute atomic E-state index is 0.353. The Morgan fingerprint density at radius 3 is 2.07 bits per heavy atom. The molecule has 0 aromatic carbocycles. The Bertz CT molecular complexity index is 176. The Morgan fingerprint density at radius 1 is 1.29 bits per heavy atom. The molecule has 2 atom stereocenters. The standard InChI is InChI=1S/C11H23O2P/c1-5-10(9-14(12)13)8-11(4,6-2)7-3/h10H,5-9H2,1-4H3/p+1. The van der Waals surface area contributed by atoms with E-state index >= 15 is 0 Å². The zero-order chi connectivity index (χ0) is 11.2. The Balaban J connectivity index is 4.21. The van der Waals surface area contributed by atoms with Crippen molar-refractivity contribution < 1.29 is 9.46 Å². The van der Waals surface area contributed by atoms with Crippen molar-refractivity contribution in [1.29, 1.82) is 0 Å². The van der Waals surface area contributed by atoms with Gasteiger partial charge in [-0.15, -0.1) is 0 Å². The smallest absolute Gasteiger partial charge is 0.161 e. The first-order valence-electron chi connectivity index (χ1n) is 5.61. The van der Waals surface area contributed by atoms with E-state index < -0.39 is 8.03 Å². The highest BCUT2D eigenvalue weighted by molar-refractivity contribution is 7.38. The lowest BCUT2D eigenvalue weighted by Crippen LogP contribution is -2.20. The van der Waals surface area contributed by atoms with Crippen LogP contribution in [0, 0.1) is 11.3 Å². The molecule has 14 heavy (non-hydrogen) atoms. The van der Waals surface area contributed by atoms with E-state index in [1.54, 1.807) is 0 Å². The molecule has 84 valence electrons. The summed E-state index contributed by atoms with van der Waals surface area (Å²) in [5, 5.41) is 0. The first-order valence-corrected chi connectivity index (χ1v) is 7.00. The molecule has 0 amide bonds. The van der Waals surface area contributed by atoms with Gasteiger partial charge in [0, 0.05) is 5.92 Å². The van der Waals surface area contributed by atoms with Gasteiger partial charge in [0.25, 0.3) is 0 Å². The van der Waals surface area contributed by atoms with E-state index in [1.807, 2.05) is 0 Å². The third-order valence-corrected chi connectivity index (χ3v) is 4.31. The van der Waals surface area contributed by atoms with Gasteiger partial charge in [0.05, 0.1) is 0 Å². The summed E-state index contributed by atoms with van der Waals surface area (Å²) in [6, 6.07) is 0. The quantitative estimate of drug-likeness (QED) is 0.658. The fourth-order valence-corrected chi connectivity index (χ4v) is 2.62. The maximum absolute atomic E-state index is 10.8. The fraction of sp³-hybridized carbons (Fsp3) is 1.00. The van der Waals surface area contributed by atoms with Crippen molar-refractivity contribution >= 4 is 8.03 Å². The molecule has 3 heteroatoms. The molecule has 0 aliphatic carbocycles. The average Bonchev–Trinajstić information content (AvgIpc) is 2.16. The second kappa shape index (κ2) is 6.53. The van der Waals surface area contributed by atoms with Crippen LogP contribution in [0.3, 0.4) is 0 Å². The molecular weight excluding hydrogens is 195 g/mol. The largest absolute Gasteiger partial charge is 0.505 e. The van der Waals surface area contributed by atoms with Crippen molar-refractivity contribution in [3.63, 3.8) is 0 Å². The molecule has 0 spiro atoms. The molecule has 2 unspecified atom stereocenters. The fourth-order valence-electron chi connectivity index (χ4n) is 1.79. The van der Waals surface area contributed by atoms with Crippen LogP contribution >= 0.6 is 8.03 Å². The molecule has 0 rings (SSSR count). The van der Waals surface area contributed by atoms with E-state index in [4.69, 9.17) is 4.89 Å². The van der Waals surface area contributed by atoms with Crippen LogP contribution in [0.1, 0.15) is 53.4 Å². The molecule has 0 saturated heterocycles. The van der Waals surface area contributed by atoms with Gasteiger partial charge in [0.15, 0.2) is 6.16 Å². The van der Waals surface area contributed by atoms with Gasteiger partial charge in [0.2, 0.25) is 0 Å². The normalized spacial score (nSPS) is 15.4. The van der Waals surface area contributed by atoms with Crippen LogP contribution < -0.4 is 0 Å². The molecule has 0 heterocycles. The van der Waals surface area contributed by atoms with E-state index in [2.05, 4.69) is 27.7 Å². The van der Waals surface area contributed by atoms with Crippen molar-refractivity contribution in [2.24, 2.45) is 11.3 Å². The lowest BCUT2D eigenvalue weighted by molar-refractivity contribution is 0.225. The summed E-state index contributed by atoms with van der Waals surface area (Å²) in [6.07, 6.45) is 4.88. The second-order valence-corrected chi connectivity index (χ2v) is 5.60. The van der Waals surface area contributed by atoms with E-state index in [0.717, 1.165) is 25.7 Å². The van der Waals surface area contributed by atoms with Crippen LogP contribution in [0.4, 0.5) is 0 Å². The lowest BCUT2D eigenvalue weighted by Gasteiger charge is -2.29. The molecule has 0 radical (unpaired) electrons. The lowest BCUT2D eigenvalue weighted by atomic mass is 9.76. The topological polar surface area (TPSA) is 37.3 Å². The van der Waals surface area contributed by atoms with Gasteiger partial charge < -0.3 is 0 Å². The Morgan fingerprint density at radius 2 is 1.79 bits per heavy atom. The maximum Gasteiger partial charge on any atom is 0.505 e. The molecule has 0 aromatic heterocycles. The molecule has 0 aliphatic heterocycles. The Labute approximate surface area is 89.0 Å². The molecule has 0 aromatic rings. The number of hydrogen-bond donors (Lipinski definition) is 1. The van der Waals surface area contributed by atoms with Crippen molar-refractivity contribution in [2.75, 3.05) is 6.16 Å². The Kier molecular flexibility index (Phi) is 6.55. The zero-order valence-electron chi connectivity index (χ0n) is 9.92. The van der Waals surface area contributed by atoms with Crippen LogP contribution in [0.15, 0.2) is 0 Å². The maximum atomic E-state index is 10.8. The van der Waals surface area contributed by atoms with Crippen molar-refractivity contribution in [2.45, 2.75) is 53.4 Å². The minimum atomic E-state index is -1.96. The first-order chi connectivity index (χ1) is 6.47. The van der Waals surface area contributed by atoms with Crippen molar-refractivity contribution in [1.82, 2.24) is 0 Å². The van der Waals surface area contributed by atoms with Crippen molar-refractivity contribution in [3.8, 4) is 0 Å². The van der Waals surface area contributed by atoms with Crippen LogP contribution in [-0.2, 0) is 4.57 Å². The van der Waals surface area contributed by atoms with E-state index in [9.17, 15) is 4.57 Å². The molecular formula is C11H24O2P+. The van der Waals surface area contributed by atoms with Gasteiger partial charge in [0.1, 0.15) is 0 Å². The highest BCUT2D eigenvalue weighted by Crippen LogP contribution is 2.36. The number of hydrogen-bond acceptors (Lipinski definition) is 1. The van der Waals surface area contributed by atoms with Gasteiger partial charge in [-0.3, -0.25) is 0 Å². The predicted molar refractivity (Wildman–Crippen MR) is 61.8 cm³/mol. The average molecular weight is 219 g/mol. The van der Waals surface area contributed by atoms with Crippen LogP contribution in [0.5, 0.6) is 0 Å². The van der Waals surface area contributed by atoms with Crippen LogP contribution in [0.2, 0.25) is 0 Å². The zero-order valence-corrected chi connectivity index (χ0v) is 10.8. The monoisotopic (exact) mass is 219 g/mol. The molecule has 0 bridgehead atoms. The van der Waals surface area contributed by atoms with Crippen LogP contribution in [0.25, 0.3) is 0 Å². The Hall–Kier alpha value is 0.0600. The molecule has 1 N–H and O–H groups in total. The molecule has 2 nitrogen and oxygen atoms in total. The highest BCUT2D eigenvalue weighted by atomic mass is 31.1.